The van der Waals surface area contributed by atoms with Gasteiger partial charge in [0.2, 0.25) is 0 Å². The predicted molar refractivity (Wildman–Crippen MR) is 94.9 cm³/mol. The number of ether oxygens (including phenoxy) is 1. The first-order valence-electron chi connectivity index (χ1n) is 7.64. The Morgan fingerprint density at radius 1 is 1.17 bits per heavy atom. The molecule has 1 aliphatic heterocycles. The van der Waals surface area contributed by atoms with Crippen LogP contribution in [0, 0.1) is 0 Å². The number of benzene rings is 1. The Morgan fingerprint density at radius 2 is 1.88 bits per heavy atom. The zero-order valence-corrected chi connectivity index (χ0v) is 14.5. The summed E-state index contributed by atoms with van der Waals surface area (Å²) < 4.78 is 5.33. The van der Waals surface area contributed by atoms with E-state index in [-0.39, 0.29) is 5.91 Å². The number of anilines is 1. The fourth-order valence-electron chi connectivity index (χ4n) is 2.47. The molecular weight excluding hydrogens is 349 g/mol. The number of halogens is 2. The number of nitrogens with one attached hydrogen (secondary N) is 1. The monoisotopic (exact) mass is 365 g/mol. The highest BCUT2D eigenvalue weighted by atomic mass is 35.5. The van der Waals surface area contributed by atoms with Gasteiger partial charge in [-0.25, -0.2) is 4.98 Å². The van der Waals surface area contributed by atoms with Crippen LogP contribution in [0.1, 0.15) is 15.9 Å². The molecule has 24 heavy (non-hydrogen) atoms. The van der Waals surface area contributed by atoms with E-state index >= 15 is 0 Å². The Balaban J connectivity index is 1.59. The molecule has 1 saturated heterocycles. The lowest BCUT2D eigenvalue weighted by atomic mass is 10.2. The maximum Gasteiger partial charge on any atom is 0.251 e. The Morgan fingerprint density at radius 3 is 2.50 bits per heavy atom. The lowest BCUT2D eigenvalue weighted by Gasteiger charge is -2.27. The number of carbonyl (C=O) groups excluding carboxylic acids is 1. The molecule has 1 N–H and O–H groups in total. The number of hydrogen-bond acceptors (Lipinski definition) is 4. The van der Waals surface area contributed by atoms with Gasteiger partial charge in [0.25, 0.3) is 5.91 Å². The molecule has 0 atom stereocenters. The van der Waals surface area contributed by atoms with E-state index in [1.54, 1.807) is 24.4 Å². The summed E-state index contributed by atoms with van der Waals surface area (Å²) in [6, 6.07) is 8.69. The van der Waals surface area contributed by atoms with E-state index in [0.717, 1.165) is 37.7 Å². The first-order chi connectivity index (χ1) is 11.6. The molecular formula is C17H17Cl2N3O2. The van der Waals surface area contributed by atoms with E-state index in [1.807, 2.05) is 12.1 Å². The van der Waals surface area contributed by atoms with Gasteiger partial charge in [-0.05, 0) is 29.8 Å². The number of hydrogen-bond donors (Lipinski definition) is 1. The van der Waals surface area contributed by atoms with Gasteiger partial charge in [0.1, 0.15) is 5.82 Å². The third-order valence-electron chi connectivity index (χ3n) is 3.72. The molecule has 1 amide bonds. The van der Waals surface area contributed by atoms with Crippen LogP contribution in [0.5, 0.6) is 0 Å². The number of aromatic nitrogens is 1. The summed E-state index contributed by atoms with van der Waals surface area (Å²) in [4.78, 5) is 18.8. The molecule has 2 aromatic rings. The molecule has 2 heterocycles. The van der Waals surface area contributed by atoms with Gasteiger partial charge >= 0.3 is 0 Å². The highest BCUT2D eigenvalue weighted by molar-refractivity contribution is 6.35. The van der Waals surface area contributed by atoms with E-state index in [1.165, 1.54) is 0 Å². The largest absolute Gasteiger partial charge is 0.378 e. The summed E-state index contributed by atoms with van der Waals surface area (Å²) in [6.45, 7) is 3.53. The van der Waals surface area contributed by atoms with Crippen LogP contribution in [-0.4, -0.2) is 37.2 Å². The van der Waals surface area contributed by atoms with Gasteiger partial charge in [-0.3, -0.25) is 4.79 Å². The smallest absolute Gasteiger partial charge is 0.251 e. The molecule has 0 radical (unpaired) electrons. The van der Waals surface area contributed by atoms with Crippen LogP contribution < -0.4 is 10.2 Å². The minimum atomic E-state index is -0.225. The summed E-state index contributed by atoms with van der Waals surface area (Å²) in [7, 11) is 0. The van der Waals surface area contributed by atoms with Gasteiger partial charge < -0.3 is 15.0 Å². The molecule has 0 aliphatic carbocycles. The van der Waals surface area contributed by atoms with Gasteiger partial charge in [0.05, 0.1) is 13.2 Å². The van der Waals surface area contributed by atoms with Crippen molar-refractivity contribution in [3.8, 4) is 0 Å². The average molecular weight is 366 g/mol. The van der Waals surface area contributed by atoms with Crippen LogP contribution in [-0.2, 0) is 11.3 Å². The quantitative estimate of drug-likeness (QED) is 0.903. The molecule has 5 nitrogen and oxygen atoms in total. The van der Waals surface area contributed by atoms with Gasteiger partial charge in [-0.15, -0.1) is 0 Å². The van der Waals surface area contributed by atoms with Crippen LogP contribution in [0.25, 0.3) is 0 Å². The predicted octanol–water partition coefficient (Wildman–Crippen LogP) is 3.16. The van der Waals surface area contributed by atoms with Crippen LogP contribution in [0.4, 0.5) is 5.82 Å². The molecule has 1 fully saturated rings. The van der Waals surface area contributed by atoms with Crippen molar-refractivity contribution in [3.63, 3.8) is 0 Å². The highest BCUT2D eigenvalue weighted by Gasteiger charge is 2.12. The Labute approximate surface area is 150 Å². The van der Waals surface area contributed by atoms with Crippen molar-refractivity contribution in [1.82, 2.24) is 10.3 Å². The van der Waals surface area contributed by atoms with Gasteiger partial charge in [0, 0.05) is 41.4 Å². The summed E-state index contributed by atoms with van der Waals surface area (Å²) in [6.07, 6.45) is 1.77. The molecule has 1 aromatic heterocycles. The highest BCUT2D eigenvalue weighted by Crippen LogP contribution is 2.19. The van der Waals surface area contributed by atoms with Crippen LogP contribution in [0.2, 0.25) is 10.0 Å². The minimum absolute atomic E-state index is 0.225. The molecule has 126 valence electrons. The lowest BCUT2D eigenvalue weighted by Crippen LogP contribution is -2.36. The Kier molecular flexibility index (Phi) is 5.56. The fraction of sp³-hybridized carbons (Fsp3) is 0.294. The lowest BCUT2D eigenvalue weighted by molar-refractivity contribution is 0.0951. The molecule has 3 rings (SSSR count). The standard InChI is InChI=1S/C17H17Cl2N3O2/c18-14-7-13(8-15(19)9-14)17(23)21-11-12-1-2-16(20-10-12)22-3-5-24-6-4-22/h1-2,7-10H,3-6,11H2,(H,21,23). The van der Waals surface area contributed by atoms with Crippen LogP contribution >= 0.6 is 23.2 Å². The maximum absolute atomic E-state index is 12.2. The normalized spacial score (nSPS) is 14.5. The molecule has 1 aliphatic rings. The number of pyridine rings is 1. The summed E-state index contributed by atoms with van der Waals surface area (Å²) >= 11 is 11.8. The molecule has 0 bridgehead atoms. The number of rotatable bonds is 4. The topological polar surface area (TPSA) is 54.5 Å². The summed E-state index contributed by atoms with van der Waals surface area (Å²) in [5.41, 5.74) is 1.36. The van der Waals surface area contributed by atoms with Crippen molar-refractivity contribution < 1.29 is 9.53 Å². The molecule has 0 spiro atoms. The number of morpholine rings is 1. The second-order valence-electron chi connectivity index (χ2n) is 5.46. The van der Waals surface area contributed by atoms with E-state index in [9.17, 15) is 4.79 Å². The molecule has 1 aromatic carbocycles. The molecule has 7 heteroatoms. The van der Waals surface area contributed by atoms with Crippen molar-refractivity contribution in [2.24, 2.45) is 0 Å². The Hall–Kier alpha value is -1.82. The summed E-state index contributed by atoms with van der Waals surface area (Å²) in [5, 5.41) is 3.71. The van der Waals surface area contributed by atoms with Crippen molar-refractivity contribution in [2.75, 3.05) is 31.2 Å². The van der Waals surface area contributed by atoms with Crippen molar-refractivity contribution >= 4 is 34.9 Å². The fourth-order valence-corrected chi connectivity index (χ4v) is 3.00. The second kappa shape index (κ2) is 7.83. The van der Waals surface area contributed by atoms with E-state index < -0.39 is 0 Å². The van der Waals surface area contributed by atoms with Gasteiger partial charge in [-0.1, -0.05) is 29.3 Å². The zero-order chi connectivity index (χ0) is 16.9. The minimum Gasteiger partial charge on any atom is -0.378 e. The van der Waals surface area contributed by atoms with Crippen molar-refractivity contribution in [3.05, 3.63) is 57.7 Å². The SMILES string of the molecule is O=C(NCc1ccc(N2CCOCC2)nc1)c1cc(Cl)cc(Cl)c1. The third-order valence-corrected chi connectivity index (χ3v) is 4.16. The van der Waals surface area contributed by atoms with Gasteiger partial charge in [-0.2, -0.15) is 0 Å². The average Bonchev–Trinajstić information content (AvgIpc) is 2.60. The second-order valence-corrected chi connectivity index (χ2v) is 6.34. The van der Waals surface area contributed by atoms with Crippen LogP contribution in [0.15, 0.2) is 36.5 Å². The Bertz CT molecular complexity index is 696. The summed E-state index contributed by atoms with van der Waals surface area (Å²) in [5.74, 6) is 0.701. The number of amides is 1. The number of nitrogens with zero attached hydrogens (tertiary/aromatic N) is 2. The maximum atomic E-state index is 12.2. The van der Waals surface area contributed by atoms with E-state index in [2.05, 4.69) is 15.2 Å². The molecule has 0 unspecified atom stereocenters. The zero-order valence-electron chi connectivity index (χ0n) is 13.0. The first kappa shape index (κ1) is 17.0. The van der Waals surface area contributed by atoms with E-state index in [4.69, 9.17) is 27.9 Å². The van der Waals surface area contributed by atoms with Crippen molar-refractivity contribution in [1.29, 1.82) is 0 Å². The van der Waals surface area contributed by atoms with E-state index in [0.29, 0.717) is 22.2 Å². The van der Waals surface area contributed by atoms with Crippen LogP contribution in [0.3, 0.4) is 0 Å². The number of carbonyl (C=O) groups is 1. The molecule has 0 saturated carbocycles. The third kappa shape index (κ3) is 4.38. The van der Waals surface area contributed by atoms with Gasteiger partial charge in [0.15, 0.2) is 0 Å². The first-order valence-corrected chi connectivity index (χ1v) is 8.39. The van der Waals surface area contributed by atoms with Crippen molar-refractivity contribution in [2.45, 2.75) is 6.54 Å².